The maximum atomic E-state index is 11.9. The van der Waals surface area contributed by atoms with E-state index in [4.69, 9.17) is 24.0 Å². The number of nitrogens with zero attached hydrogens (tertiary/aromatic N) is 1. The van der Waals surface area contributed by atoms with Crippen molar-refractivity contribution in [1.29, 1.82) is 0 Å². The first kappa shape index (κ1) is 26.5. The van der Waals surface area contributed by atoms with Crippen LogP contribution in [0.2, 0.25) is 0 Å². The van der Waals surface area contributed by atoms with Gasteiger partial charge in [0.05, 0.1) is 6.61 Å². The largest absolute Gasteiger partial charge is 0.449 e. The molecular weight excluding hydrogens is 454 g/mol. The van der Waals surface area contributed by atoms with Gasteiger partial charge in [0.1, 0.15) is 5.44 Å². The van der Waals surface area contributed by atoms with E-state index in [9.17, 15) is 4.79 Å². The second-order valence-electron chi connectivity index (χ2n) is 10.8. The number of fused-ring (bicyclic) bond motifs is 2. The van der Waals surface area contributed by atoms with Gasteiger partial charge in [-0.1, -0.05) is 26.7 Å². The normalized spacial score (nSPS) is 41.0. The average Bonchev–Trinajstić information content (AvgIpc) is 3.05. The molecule has 5 fully saturated rings. The Morgan fingerprint density at radius 2 is 1.79 bits per heavy atom. The monoisotopic (exact) mass is 499 g/mol. The number of carbonyl (C=O) groups is 1. The molecule has 8 atom stereocenters. The Morgan fingerprint density at radius 3 is 2.56 bits per heavy atom. The Labute approximate surface area is 209 Å². The van der Waals surface area contributed by atoms with E-state index in [0.29, 0.717) is 43.4 Å². The molecular formula is C26H45NO6S. The summed E-state index contributed by atoms with van der Waals surface area (Å²) < 4.78 is 18.5. The van der Waals surface area contributed by atoms with Gasteiger partial charge in [0.15, 0.2) is 11.9 Å². The van der Waals surface area contributed by atoms with Crippen molar-refractivity contribution in [3.8, 4) is 0 Å². The fourth-order valence-electron chi connectivity index (χ4n) is 6.55. The Kier molecular flexibility index (Phi) is 8.77. The van der Waals surface area contributed by atoms with Crippen molar-refractivity contribution in [2.24, 2.45) is 23.7 Å². The van der Waals surface area contributed by atoms with Crippen molar-refractivity contribution in [2.45, 2.75) is 109 Å². The highest BCUT2D eigenvalue weighted by molar-refractivity contribution is 7.99. The van der Waals surface area contributed by atoms with Gasteiger partial charge in [-0.3, -0.25) is 0 Å². The molecule has 1 saturated carbocycles. The van der Waals surface area contributed by atoms with Crippen LogP contribution >= 0.6 is 11.8 Å². The highest BCUT2D eigenvalue weighted by atomic mass is 32.2. The molecule has 4 aliphatic heterocycles. The summed E-state index contributed by atoms with van der Waals surface area (Å²) >= 11 is 1.92. The van der Waals surface area contributed by atoms with Crippen molar-refractivity contribution < 1.29 is 28.8 Å². The maximum Gasteiger partial charge on any atom is 0.409 e. The van der Waals surface area contributed by atoms with Crippen LogP contribution < -0.4 is 0 Å². The minimum atomic E-state index is -0.706. The van der Waals surface area contributed by atoms with E-state index >= 15 is 0 Å². The van der Waals surface area contributed by atoms with Crippen molar-refractivity contribution >= 4 is 17.9 Å². The third-order valence-electron chi connectivity index (χ3n) is 8.67. The smallest absolute Gasteiger partial charge is 0.409 e. The molecule has 2 bridgehead atoms. The van der Waals surface area contributed by atoms with Crippen LogP contribution in [0.5, 0.6) is 0 Å². The highest BCUT2D eigenvalue weighted by Crippen LogP contribution is 2.61. The summed E-state index contributed by atoms with van der Waals surface area (Å²) in [5.41, 5.74) is -0.344. The Hall–Kier alpha value is -0.540. The summed E-state index contributed by atoms with van der Waals surface area (Å²) in [6.07, 6.45) is 8.04. The minimum Gasteiger partial charge on any atom is -0.449 e. The molecule has 5 rings (SSSR count). The number of thioether (sulfide) groups is 1. The van der Waals surface area contributed by atoms with Crippen LogP contribution in [0, 0.1) is 23.7 Å². The molecule has 196 valence electrons. The summed E-state index contributed by atoms with van der Waals surface area (Å²) in [6.45, 7) is 12.5. The number of amides is 1. The van der Waals surface area contributed by atoms with Crippen molar-refractivity contribution in [3.63, 3.8) is 0 Å². The van der Waals surface area contributed by atoms with Crippen LogP contribution in [-0.4, -0.2) is 59.6 Å². The Morgan fingerprint density at radius 1 is 1.03 bits per heavy atom. The first-order valence-electron chi connectivity index (χ1n) is 13.6. The lowest BCUT2D eigenvalue weighted by Crippen LogP contribution is -2.70. The van der Waals surface area contributed by atoms with E-state index in [0.717, 1.165) is 50.7 Å². The summed E-state index contributed by atoms with van der Waals surface area (Å²) in [5.74, 6) is 2.16. The average molecular weight is 500 g/mol. The lowest BCUT2D eigenvalue weighted by molar-refractivity contribution is -0.568. The molecule has 5 aliphatic rings. The van der Waals surface area contributed by atoms with Crippen molar-refractivity contribution in [2.75, 3.05) is 25.4 Å². The van der Waals surface area contributed by atoms with Crippen LogP contribution in [0.15, 0.2) is 0 Å². The molecule has 0 aromatic heterocycles. The topological polar surface area (TPSA) is 66.5 Å². The first-order chi connectivity index (χ1) is 16.3. The summed E-state index contributed by atoms with van der Waals surface area (Å²) in [6, 6.07) is 0. The van der Waals surface area contributed by atoms with Gasteiger partial charge in [0.2, 0.25) is 5.79 Å². The van der Waals surface area contributed by atoms with Gasteiger partial charge in [0.25, 0.3) is 0 Å². The molecule has 1 aliphatic carbocycles. The van der Waals surface area contributed by atoms with E-state index in [1.54, 1.807) is 4.90 Å². The van der Waals surface area contributed by atoms with Crippen LogP contribution in [0.3, 0.4) is 0 Å². The second-order valence-corrected chi connectivity index (χ2v) is 12.1. The summed E-state index contributed by atoms with van der Waals surface area (Å²) in [4.78, 5) is 25.7. The molecule has 34 heavy (non-hydrogen) atoms. The zero-order valence-corrected chi connectivity index (χ0v) is 22.6. The molecule has 1 spiro atoms. The van der Waals surface area contributed by atoms with Crippen molar-refractivity contribution in [3.05, 3.63) is 0 Å². The number of unbranched alkanes of at least 4 members (excludes halogenated alkanes) is 3. The molecule has 0 aromatic carbocycles. The van der Waals surface area contributed by atoms with Crippen LogP contribution in [0.4, 0.5) is 4.79 Å². The molecule has 1 amide bonds. The predicted molar refractivity (Wildman–Crippen MR) is 132 cm³/mol. The van der Waals surface area contributed by atoms with E-state index in [-0.39, 0.29) is 17.8 Å². The highest BCUT2D eigenvalue weighted by Gasteiger charge is 2.69. The fraction of sp³-hybridized carbons (Fsp3) is 0.962. The summed E-state index contributed by atoms with van der Waals surface area (Å²) in [5, 5.41) is 0. The molecule has 0 unspecified atom stereocenters. The molecule has 4 saturated heterocycles. The second kappa shape index (κ2) is 11.2. The number of ether oxygens (including phenoxy) is 3. The standard InChI is InChI=1S/C26H45NO6S/c1-6-27(7-2)24(28)29-16-10-8-9-11-17-34-22-19(4)21-13-12-18(3)20-14-15-25(5)31-23(30-22)26(20,21)33-32-25/h18-23H,6-17H2,1-5H3/t18-,19-,20+,21+,22+,23-,25+,26-/m1/s1. The number of hydrogen-bond acceptors (Lipinski definition) is 7. The van der Waals surface area contributed by atoms with Crippen LogP contribution in [0.25, 0.3) is 0 Å². The zero-order valence-electron chi connectivity index (χ0n) is 21.8. The molecule has 0 aromatic rings. The first-order valence-corrected chi connectivity index (χ1v) is 14.6. The van der Waals surface area contributed by atoms with Gasteiger partial charge in [-0.25, -0.2) is 14.6 Å². The van der Waals surface area contributed by atoms with Gasteiger partial charge >= 0.3 is 6.09 Å². The third kappa shape index (κ3) is 5.13. The zero-order chi connectivity index (χ0) is 24.3. The predicted octanol–water partition coefficient (Wildman–Crippen LogP) is 5.97. The van der Waals surface area contributed by atoms with Gasteiger partial charge in [-0.2, -0.15) is 0 Å². The van der Waals surface area contributed by atoms with Gasteiger partial charge in [-0.15, -0.1) is 11.8 Å². The third-order valence-corrected chi connectivity index (χ3v) is 10.1. The van der Waals surface area contributed by atoms with E-state index in [1.807, 2.05) is 32.5 Å². The lowest BCUT2D eigenvalue weighted by Gasteiger charge is -2.60. The van der Waals surface area contributed by atoms with Crippen LogP contribution in [0.1, 0.15) is 86.0 Å². The quantitative estimate of drug-likeness (QED) is 0.271. The molecule has 7 nitrogen and oxygen atoms in total. The van der Waals surface area contributed by atoms with Crippen LogP contribution in [-0.2, 0) is 24.0 Å². The fourth-order valence-corrected chi connectivity index (χ4v) is 7.83. The SMILES string of the molecule is CCN(CC)C(=O)OCCCCCCS[C@@H]1O[C@@H]2O[C@]3(C)CC[C@H]4[C@H](C)CC[C@@H]([C@H]1C)[C@@]24OO3. The Bertz CT molecular complexity index is 692. The van der Waals surface area contributed by atoms with Crippen molar-refractivity contribution in [1.82, 2.24) is 4.90 Å². The van der Waals surface area contributed by atoms with Gasteiger partial charge in [0, 0.05) is 25.4 Å². The maximum absolute atomic E-state index is 11.9. The number of rotatable bonds is 10. The molecule has 4 heterocycles. The Balaban J connectivity index is 1.23. The van der Waals surface area contributed by atoms with E-state index in [1.165, 1.54) is 6.42 Å². The lowest BCUT2D eigenvalue weighted by atomic mass is 9.58. The molecule has 0 radical (unpaired) electrons. The number of hydrogen-bond donors (Lipinski definition) is 0. The van der Waals surface area contributed by atoms with Gasteiger partial charge < -0.3 is 19.1 Å². The summed E-state index contributed by atoms with van der Waals surface area (Å²) in [7, 11) is 0. The van der Waals surface area contributed by atoms with E-state index < -0.39 is 11.4 Å². The molecule has 8 heteroatoms. The number of carbonyl (C=O) groups excluding carboxylic acids is 1. The van der Waals surface area contributed by atoms with E-state index in [2.05, 4.69) is 13.8 Å². The van der Waals surface area contributed by atoms with Gasteiger partial charge in [-0.05, 0) is 76.4 Å². The minimum absolute atomic E-state index is 0.122. The molecule has 0 N–H and O–H groups in total.